The summed E-state index contributed by atoms with van der Waals surface area (Å²) < 4.78 is 12.9. The van der Waals surface area contributed by atoms with E-state index in [0.717, 1.165) is 37.5 Å². The molecule has 0 bridgehead atoms. The molecular formula is C14H19ClN4O2. The molecule has 21 heavy (non-hydrogen) atoms. The summed E-state index contributed by atoms with van der Waals surface area (Å²) in [4.78, 5) is 13.1. The monoisotopic (exact) mass is 310 g/mol. The molecule has 2 aromatic rings. The Morgan fingerprint density at radius 2 is 2.19 bits per heavy atom. The fraction of sp³-hybridized carbons (Fsp3) is 0.643. The van der Waals surface area contributed by atoms with Crippen molar-refractivity contribution < 1.29 is 9.47 Å². The van der Waals surface area contributed by atoms with E-state index in [1.165, 1.54) is 6.33 Å². The van der Waals surface area contributed by atoms with E-state index in [0.29, 0.717) is 23.2 Å². The number of halogens is 1. The Hall–Kier alpha value is -1.40. The Morgan fingerprint density at radius 1 is 1.43 bits per heavy atom. The zero-order valence-corrected chi connectivity index (χ0v) is 13.0. The van der Waals surface area contributed by atoms with E-state index in [9.17, 15) is 0 Å². The molecule has 1 fully saturated rings. The van der Waals surface area contributed by atoms with Crippen LogP contribution in [0.15, 0.2) is 6.33 Å². The van der Waals surface area contributed by atoms with Gasteiger partial charge in [0.25, 0.3) is 0 Å². The SMILES string of the molecule is COc1ncnc2c1nc(CCl)n2C(C)C1CCOCC1. The number of aromatic nitrogens is 4. The predicted octanol–water partition coefficient (Wildman–Crippen LogP) is 2.56. The van der Waals surface area contributed by atoms with Crippen LogP contribution in [0.1, 0.15) is 31.6 Å². The molecule has 0 aromatic carbocycles. The summed E-state index contributed by atoms with van der Waals surface area (Å²) in [7, 11) is 1.59. The minimum atomic E-state index is 0.271. The van der Waals surface area contributed by atoms with Crippen molar-refractivity contribution in [3.63, 3.8) is 0 Å². The quantitative estimate of drug-likeness (QED) is 0.812. The number of methoxy groups -OCH3 is 1. The average molecular weight is 311 g/mol. The highest BCUT2D eigenvalue weighted by molar-refractivity contribution is 6.16. The standard InChI is InChI=1S/C14H19ClN4O2/c1-9(10-3-5-21-6-4-10)19-11(7-15)18-12-13(19)16-8-17-14(12)20-2/h8-10H,3-7H2,1-2H3. The second-order valence-corrected chi connectivity index (χ2v) is 5.54. The molecule has 0 N–H and O–H groups in total. The van der Waals surface area contributed by atoms with Gasteiger partial charge in [-0.25, -0.2) is 9.97 Å². The van der Waals surface area contributed by atoms with Crippen molar-refractivity contribution in [1.29, 1.82) is 0 Å². The Bertz CT molecular complexity index is 625. The molecule has 6 nitrogen and oxygen atoms in total. The van der Waals surface area contributed by atoms with Crippen LogP contribution in [0.2, 0.25) is 0 Å². The van der Waals surface area contributed by atoms with Crippen molar-refractivity contribution in [2.24, 2.45) is 5.92 Å². The zero-order chi connectivity index (χ0) is 14.8. The van der Waals surface area contributed by atoms with E-state index in [1.807, 2.05) is 0 Å². The maximum Gasteiger partial charge on any atom is 0.245 e. The number of nitrogens with zero attached hydrogens (tertiary/aromatic N) is 4. The van der Waals surface area contributed by atoms with Crippen LogP contribution in [-0.4, -0.2) is 39.8 Å². The van der Waals surface area contributed by atoms with Gasteiger partial charge >= 0.3 is 0 Å². The van der Waals surface area contributed by atoms with Gasteiger partial charge in [0.05, 0.1) is 13.0 Å². The molecule has 1 aliphatic heterocycles. The number of ether oxygens (including phenoxy) is 2. The van der Waals surface area contributed by atoms with Crippen LogP contribution in [0.4, 0.5) is 0 Å². The molecule has 1 atom stereocenters. The van der Waals surface area contributed by atoms with Crippen LogP contribution in [0, 0.1) is 5.92 Å². The van der Waals surface area contributed by atoms with Crippen LogP contribution in [0.3, 0.4) is 0 Å². The lowest BCUT2D eigenvalue weighted by molar-refractivity contribution is 0.0515. The van der Waals surface area contributed by atoms with Gasteiger partial charge in [-0.2, -0.15) is 4.98 Å². The van der Waals surface area contributed by atoms with Crippen molar-refractivity contribution in [3.8, 4) is 5.88 Å². The number of alkyl halides is 1. The lowest BCUT2D eigenvalue weighted by atomic mass is 9.92. The predicted molar refractivity (Wildman–Crippen MR) is 79.7 cm³/mol. The zero-order valence-electron chi connectivity index (χ0n) is 12.3. The summed E-state index contributed by atoms with van der Waals surface area (Å²) >= 11 is 6.09. The Morgan fingerprint density at radius 3 is 2.86 bits per heavy atom. The van der Waals surface area contributed by atoms with Crippen LogP contribution in [0.5, 0.6) is 5.88 Å². The Labute approximate surface area is 128 Å². The highest BCUT2D eigenvalue weighted by Gasteiger charge is 2.26. The second-order valence-electron chi connectivity index (χ2n) is 5.28. The summed E-state index contributed by atoms with van der Waals surface area (Å²) in [6.07, 6.45) is 3.60. The number of hydrogen-bond acceptors (Lipinski definition) is 5. The maximum atomic E-state index is 6.09. The first-order valence-corrected chi connectivity index (χ1v) is 7.69. The molecule has 0 radical (unpaired) electrons. The van der Waals surface area contributed by atoms with Crippen molar-refractivity contribution in [3.05, 3.63) is 12.2 Å². The third-order valence-electron chi connectivity index (χ3n) is 4.18. The van der Waals surface area contributed by atoms with Crippen molar-refractivity contribution in [1.82, 2.24) is 19.5 Å². The van der Waals surface area contributed by atoms with Crippen LogP contribution in [-0.2, 0) is 10.6 Å². The molecule has 3 rings (SSSR count). The topological polar surface area (TPSA) is 62.1 Å². The highest BCUT2D eigenvalue weighted by atomic mass is 35.5. The summed E-state index contributed by atoms with van der Waals surface area (Å²) in [5, 5.41) is 0. The summed E-state index contributed by atoms with van der Waals surface area (Å²) in [5.74, 6) is 2.18. The molecule has 0 spiro atoms. The van der Waals surface area contributed by atoms with Gasteiger partial charge in [0.1, 0.15) is 12.2 Å². The molecule has 3 heterocycles. The molecule has 0 aliphatic carbocycles. The van der Waals surface area contributed by atoms with E-state index in [1.54, 1.807) is 7.11 Å². The minimum absolute atomic E-state index is 0.271. The third-order valence-corrected chi connectivity index (χ3v) is 4.42. The lowest BCUT2D eigenvalue weighted by Crippen LogP contribution is -2.25. The summed E-state index contributed by atoms with van der Waals surface area (Å²) in [6, 6.07) is 0.271. The molecule has 1 aliphatic rings. The van der Waals surface area contributed by atoms with E-state index in [2.05, 4.69) is 26.4 Å². The molecule has 0 saturated carbocycles. The first-order chi connectivity index (χ1) is 10.3. The number of imidazole rings is 1. The molecule has 7 heteroatoms. The highest BCUT2D eigenvalue weighted by Crippen LogP contribution is 2.33. The second kappa shape index (κ2) is 6.15. The van der Waals surface area contributed by atoms with Gasteiger partial charge in [0.2, 0.25) is 5.88 Å². The Balaban J connectivity index is 2.07. The van der Waals surface area contributed by atoms with Crippen molar-refractivity contribution in [2.45, 2.75) is 31.7 Å². The lowest BCUT2D eigenvalue weighted by Gasteiger charge is -2.29. The maximum absolute atomic E-state index is 6.09. The first-order valence-electron chi connectivity index (χ1n) is 7.15. The van der Waals surface area contributed by atoms with Gasteiger partial charge in [-0.15, -0.1) is 11.6 Å². The fourth-order valence-corrected chi connectivity index (χ4v) is 3.20. The normalized spacial score (nSPS) is 18.0. The minimum Gasteiger partial charge on any atom is -0.479 e. The fourth-order valence-electron chi connectivity index (χ4n) is 3.01. The molecule has 0 amide bonds. The van der Waals surface area contributed by atoms with Gasteiger partial charge in [0.15, 0.2) is 11.2 Å². The van der Waals surface area contributed by atoms with E-state index >= 15 is 0 Å². The first kappa shape index (κ1) is 14.5. The van der Waals surface area contributed by atoms with E-state index < -0.39 is 0 Å². The largest absolute Gasteiger partial charge is 0.479 e. The smallest absolute Gasteiger partial charge is 0.245 e. The van der Waals surface area contributed by atoms with Crippen LogP contribution >= 0.6 is 11.6 Å². The number of hydrogen-bond donors (Lipinski definition) is 0. The summed E-state index contributed by atoms with van der Waals surface area (Å²) in [6.45, 7) is 3.83. The number of fused-ring (bicyclic) bond motifs is 1. The molecule has 1 saturated heterocycles. The van der Waals surface area contributed by atoms with Crippen molar-refractivity contribution in [2.75, 3.05) is 20.3 Å². The summed E-state index contributed by atoms with van der Waals surface area (Å²) in [5.41, 5.74) is 1.46. The molecule has 114 valence electrons. The van der Waals surface area contributed by atoms with Gasteiger partial charge in [-0.3, -0.25) is 0 Å². The van der Waals surface area contributed by atoms with Gasteiger partial charge in [-0.1, -0.05) is 0 Å². The molecule has 2 aromatic heterocycles. The van der Waals surface area contributed by atoms with Gasteiger partial charge in [0, 0.05) is 19.3 Å². The van der Waals surface area contributed by atoms with E-state index in [-0.39, 0.29) is 6.04 Å². The molecule has 1 unspecified atom stereocenters. The molecular weight excluding hydrogens is 292 g/mol. The van der Waals surface area contributed by atoms with Crippen molar-refractivity contribution >= 4 is 22.8 Å². The number of rotatable bonds is 4. The van der Waals surface area contributed by atoms with Gasteiger partial charge in [-0.05, 0) is 25.7 Å². The van der Waals surface area contributed by atoms with Crippen LogP contribution < -0.4 is 4.74 Å². The third kappa shape index (κ3) is 2.58. The van der Waals surface area contributed by atoms with Crippen LogP contribution in [0.25, 0.3) is 11.2 Å². The average Bonchev–Trinajstić information content (AvgIpc) is 2.93. The van der Waals surface area contributed by atoms with Gasteiger partial charge < -0.3 is 14.0 Å². The Kier molecular flexibility index (Phi) is 4.26. The van der Waals surface area contributed by atoms with E-state index in [4.69, 9.17) is 21.1 Å².